The molecule has 1 aliphatic heterocycles. The van der Waals surface area contributed by atoms with Crippen LogP contribution in [0.2, 0.25) is 0 Å². The van der Waals surface area contributed by atoms with E-state index in [-0.39, 0.29) is 17.7 Å². The van der Waals surface area contributed by atoms with Crippen LogP contribution in [0.15, 0.2) is 36.4 Å². The Kier molecular flexibility index (Phi) is 5.78. The summed E-state index contributed by atoms with van der Waals surface area (Å²) in [6.45, 7) is 6.39. The molecule has 0 atom stereocenters. The first-order valence-electron chi connectivity index (χ1n) is 9.28. The first kappa shape index (κ1) is 20.7. The average Bonchev–Trinajstić information content (AvgIpc) is 3.09. The van der Waals surface area contributed by atoms with Gasteiger partial charge in [0.25, 0.3) is 5.91 Å². The molecule has 3 N–H and O–H groups in total. The van der Waals surface area contributed by atoms with Gasteiger partial charge < -0.3 is 10.6 Å². The molecule has 8 nitrogen and oxygen atoms in total. The lowest BCUT2D eigenvalue weighted by Gasteiger charge is -2.17. The van der Waals surface area contributed by atoms with Crippen molar-refractivity contribution in [3.8, 4) is 0 Å². The fraction of sp³-hybridized carbons (Fsp3) is 0.300. The van der Waals surface area contributed by atoms with Crippen LogP contribution in [0.25, 0.3) is 0 Å². The van der Waals surface area contributed by atoms with Crippen LogP contribution in [0.5, 0.6) is 0 Å². The minimum absolute atomic E-state index is 0.0145. The number of urea groups is 1. The zero-order chi connectivity index (χ0) is 21.2. The summed E-state index contributed by atoms with van der Waals surface area (Å²) in [5, 5.41) is 5.58. The lowest BCUT2D eigenvalue weighted by molar-refractivity contribution is 0.102. The van der Waals surface area contributed by atoms with Crippen LogP contribution in [0.3, 0.4) is 0 Å². The van der Waals surface area contributed by atoms with Crippen molar-refractivity contribution >= 4 is 39.0 Å². The average molecular weight is 417 g/mol. The molecule has 0 aromatic heterocycles. The number of aryl methyl sites for hydroxylation is 2. The van der Waals surface area contributed by atoms with Crippen LogP contribution in [0.1, 0.15) is 28.4 Å². The van der Waals surface area contributed by atoms with Crippen molar-refractivity contribution in [2.24, 2.45) is 0 Å². The molecule has 29 heavy (non-hydrogen) atoms. The number of nitrogens with zero attached hydrogens (tertiary/aromatic N) is 1. The molecule has 0 saturated carbocycles. The van der Waals surface area contributed by atoms with Crippen molar-refractivity contribution in [3.63, 3.8) is 0 Å². The van der Waals surface area contributed by atoms with Gasteiger partial charge in [0.15, 0.2) is 0 Å². The third-order valence-electron chi connectivity index (χ3n) is 4.74. The normalized spacial score (nSPS) is 13.9. The molecule has 0 unspecified atom stereocenters. The molecule has 2 aromatic carbocycles. The number of amides is 3. The minimum Gasteiger partial charge on any atom is -0.336 e. The monoisotopic (exact) mass is 416 g/mol. The highest BCUT2D eigenvalue weighted by molar-refractivity contribution is 7.92. The molecule has 3 rings (SSSR count). The summed E-state index contributed by atoms with van der Waals surface area (Å²) in [6, 6.07) is 10.0. The van der Waals surface area contributed by atoms with E-state index in [0.717, 1.165) is 11.3 Å². The van der Waals surface area contributed by atoms with Crippen molar-refractivity contribution < 1.29 is 18.0 Å². The van der Waals surface area contributed by atoms with Gasteiger partial charge in [0.1, 0.15) is 0 Å². The number of sulfonamides is 1. The Morgan fingerprint density at radius 2 is 1.90 bits per heavy atom. The van der Waals surface area contributed by atoms with Crippen LogP contribution in [-0.4, -0.2) is 39.2 Å². The van der Waals surface area contributed by atoms with Gasteiger partial charge in [-0.25, -0.2) is 13.2 Å². The van der Waals surface area contributed by atoms with E-state index in [9.17, 15) is 18.0 Å². The molecular weight excluding hydrogens is 392 g/mol. The van der Waals surface area contributed by atoms with E-state index >= 15 is 0 Å². The van der Waals surface area contributed by atoms with Gasteiger partial charge in [0.2, 0.25) is 10.0 Å². The molecule has 154 valence electrons. The number of carbonyl (C=O) groups is 2. The summed E-state index contributed by atoms with van der Waals surface area (Å²) in [7, 11) is -3.36. The third kappa shape index (κ3) is 4.68. The molecule has 0 aliphatic carbocycles. The molecule has 2 aromatic rings. The molecule has 0 bridgehead atoms. The Bertz CT molecular complexity index is 1070. The summed E-state index contributed by atoms with van der Waals surface area (Å²) >= 11 is 0. The highest BCUT2D eigenvalue weighted by atomic mass is 32.2. The van der Waals surface area contributed by atoms with Crippen molar-refractivity contribution in [3.05, 3.63) is 53.1 Å². The van der Waals surface area contributed by atoms with Crippen molar-refractivity contribution in [1.29, 1.82) is 0 Å². The Balaban J connectivity index is 1.74. The van der Waals surface area contributed by atoms with Gasteiger partial charge in [-0.05, 0) is 68.3 Å². The molecule has 0 spiro atoms. The maximum Gasteiger partial charge on any atom is 0.322 e. The summed E-state index contributed by atoms with van der Waals surface area (Å²) in [4.78, 5) is 26.1. The van der Waals surface area contributed by atoms with Crippen LogP contribution in [0.4, 0.5) is 21.9 Å². The third-order valence-corrected chi connectivity index (χ3v) is 6.03. The number of benzene rings is 2. The number of rotatable bonds is 6. The van der Waals surface area contributed by atoms with E-state index in [1.54, 1.807) is 55.1 Å². The molecule has 0 radical (unpaired) electrons. The predicted molar refractivity (Wildman–Crippen MR) is 114 cm³/mol. The van der Waals surface area contributed by atoms with Gasteiger partial charge in [-0.15, -0.1) is 0 Å². The molecule has 1 saturated heterocycles. The Labute approximate surface area is 170 Å². The van der Waals surface area contributed by atoms with Crippen molar-refractivity contribution in [1.82, 2.24) is 5.32 Å². The zero-order valence-corrected chi connectivity index (χ0v) is 17.4. The number of carbonyl (C=O) groups excluding carboxylic acids is 2. The van der Waals surface area contributed by atoms with Gasteiger partial charge in [0.05, 0.1) is 11.4 Å². The van der Waals surface area contributed by atoms with E-state index in [1.165, 1.54) is 0 Å². The number of hydrogen-bond acceptors (Lipinski definition) is 4. The van der Waals surface area contributed by atoms with E-state index in [2.05, 4.69) is 15.4 Å². The van der Waals surface area contributed by atoms with Crippen LogP contribution in [-0.2, 0) is 10.0 Å². The number of nitrogens with one attached hydrogen (secondary N) is 3. The zero-order valence-electron chi connectivity index (χ0n) is 16.6. The Morgan fingerprint density at radius 3 is 2.48 bits per heavy atom. The lowest BCUT2D eigenvalue weighted by atomic mass is 10.1. The molecular formula is C20H24N4O4S. The standard InChI is InChI=1S/C20H24N4O4S/c1-4-29(27,28)23-17-7-6-16(12-13(17)2)22-19(25)15-5-8-18(14(3)11-15)24-10-9-21-20(24)26/h5-8,11-12,23H,4,9-10H2,1-3H3,(H,21,26)(H,22,25). The molecule has 1 aliphatic rings. The maximum atomic E-state index is 12.6. The van der Waals surface area contributed by atoms with Crippen LogP contribution >= 0.6 is 0 Å². The van der Waals surface area contributed by atoms with Crippen molar-refractivity contribution in [2.45, 2.75) is 20.8 Å². The molecule has 1 heterocycles. The number of anilines is 3. The van der Waals surface area contributed by atoms with E-state index in [4.69, 9.17) is 0 Å². The topological polar surface area (TPSA) is 108 Å². The summed E-state index contributed by atoms with van der Waals surface area (Å²) in [5.74, 6) is -0.300. The lowest BCUT2D eigenvalue weighted by Crippen LogP contribution is -2.28. The van der Waals surface area contributed by atoms with E-state index in [0.29, 0.717) is 35.6 Å². The predicted octanol–water partition coefficient (Wildman–Crippen LogP) is 2.85. The summed E-state index contributed by atoms with van der Waals surface area (Å²) < 4.78 is 26.0. The molecule has 3 amide bonds. The Morgan fingerprint density at radius 1 is 1.14 bits per heavy atom. The van der Waals surface area contributed by atoms with Gasteiger partial charge in [-0.2, -0.15) is 0 Å². The van der Waals surface area contributed by atoms with Crippen LogP contribution < -0.4 is 20.3 Å². The van der Waals surface area contributed by atoms with Crippen LogP contribution in [0, 0.1) is 13.8 Å². The SMILES string of the molecule is CCS(=O)(=O)Nc1ccc(NC(=O)c2ccc(N3CCNC3=O)c(C)c2)cc1C. The van der Waals surface area contributed by atoms with Crippen molar-refractivity contribution in [2.75, 3.05) is 33.8 Å². The second-order valence-corrected chi connectivity index (χ2v) is 8.89. The fourth-order valence-electron chi connectivity index (χ4n) is 3.10. The second-order valence-electron chi connectivity index (χ2n) is 6.87. The summed E-state index contributed by atoms with van der Waals surface area (Å²) in [6.07, 6.45) is 0. The van der Waals surface area contributed by atoms with Gasteiger partial charge in [-0.1, -0.05) is 0 Å². The first-order chi connectivity index (χ1) is 13.7. The minimum atomic E-state index is -3.36. The van der Waals surface area contributed by atoms with Gasteiger partial charge in [-0.3, -0.25) is 14.4 Å². The van der Waals surface area contributed by atoms with E-state index < -0.39 is 10.0 Å². The smallest absolute Gasteiger partial charge is 0.322 e. The van der Waals surface area contributed by atoms with E-state index in [1.807, 2.05) is 6.92 Å². The molecule has 9 heteroatoms. The number of hydrogen-bond donors (Lipinski definition) is 3. The van der Waals surface area contributed by atoms with Gasteiger partial charge in [0, 0.05) is 30.0 Å². The largest absolute Gasteiger partial charge is 0.336 e. The quantitative estimate of drug-likeness (QED) is 0.673. The first-order valence-corrected chi connectivity index (χ1v) is 10.9. The highest BCUT2D eigenvalue weighted by Crippen LogP contribution is 2.24. The second kappa shape index (κ2) is 8.12. The molecule has 1 fully saturated rings. The highest BCUT2D eigenvalue weighted by Gasteiger charge is 2.23. The summed E-state index contributed by atoms with van der Waals surface area (Å²) in [5.41, 5.74) is 3.82. The van der Waals surface area contributed by atoms with Gasteiger partial charge >= 0.3 is 6.03 Å². The fourth-order valence-corrected chi connectivity index (χ4v) is 3.81. The Hall–Kier alpha value is -3.07. The maximum absolute atomic E-state index is 12.6.